The van der Waals surface area contributed by atoms with Gasteiger partial charge in [0.2, 0.25) is 5.16 Å². The summed E-state index contributed by atoms with van der Waals surface area (Å²) in [7, 11) is 3.78. The van der Waals surface area contributed by atoms with Crippen molar-refractivity contribution in [1.29, 1.82) is 0 Å². The Morgan fingerprint density at radius 2 is 2.22 bits per heavy atom. The van der Waals surface area contributed by atoms with Crippen LogP contribution in [0.25, 0.3) is 0 Å². The molecule has 18 heavy (non-hydrogen) atoms. The number of rotatable bonds is 4. The second-order valence-electron chi connectivity index (χ2n) is 3.88. The molecule has 0 amide bonds. The van der Waals surface area contributed by atoms with Crippen molar-refractivity contribution in [1.82, 2.24) is 25.5 Å². The maximum absolute atomic E-state index is 3.95. The molecule has 1 aromatic carbocycles. The van der Waals surface area contributed by atoms with Gasteiger partial charge < -0.3 is 5.32 Å². The number of nitrogens with zero attached hydrogens (tertiary/aromatic N) is 4. The molecule has 1 N–H and O–H groups in total. The van der Waals surface area contributed by atoms with Crippen LogP contribution in [0.15, 0.2) is 32.7 Å². The Balaban J connectivity index is 2.21. The van der Waals surface area contributed by atoms with Crippen LogP contribution in [0.5, 0.6) is 0 Å². The number of aryl methyl sites for hydroxylation is 1. The van der Waals surface area contributed by atoms with Gasteiger partial charge in [0.25, 0.3) is 0 Å². The monoisotopic (exact) mass is 327 g/mol. The summed E-state index contributed by atoms with van der Waals surface area (Å²) in [6.07, 6.45) is 0. The molecule has 2 aromatic rings. The fourth-order valence-electron chi connectivity index (χ4n) is 1.49. The van der Waals surface area contributed by atoms with Crippen LogP contribution in [0, 0.1) is 0 Å². The summed E-state index contributed by atoms with van der Waals surface area (Å²) in [4.78, 5) is 1.10. The molecule has 0 radical (unpaired) electrons. The van der Waals surface area contributed by atoms with E-state index < -0.39 is 0 Å². The van der Waals surface area contributed by atoms with Crippen LogP contribution >= 0.6 is 27.7 Å². The molecule has 0 aliphatic rings. The fraction of sp³-hybridized carbons (Fsp3) is 0.364. The molecule has 0 bridgehead atoms. The minimum Gasteiger partial charge on any atom is -0.313 e. The van der Waals surface area contributed by atoms with Crippen LogP contribution < -0.4 is 5.32 Å². The zero-order valence-corrected chi connectivity index (χ0v) is 12.8. The van der Waals surface area contributed by atoms with Crippen molar-refractivity contribution in [3.8, 4) is 0 Å². The maximum Gasteiger partial charge on any atom is 0.213 e. The lowest BCUT2D eigenvalue weighted by Gasteiger charge is -2.13. The highest BCUT2D eigenvalue weighted by Crippen LogP contribution is 2.31. The summed E-state index contributed by atoms with van der Waals surface area (Å²) >= 11 is 5.14. The van der Waals surface area contributed by atoms with Gasteiger partial charge in [0.05, 0.1) is 0 Å². The Labute approximate surface area is 118 Å². The molecule has 0 aliphatic carbocycles. The summed E-state index contributed by atoms with van der Waals surface area (Å²) in [6.45, 7) is 2.12. The van der Waals surface area contributed by atoms with E-state index in [1.54, 1.807) is 4.68 Å². The molecule has 0 saturated carbocycles. The van der Waals surface area contributed by atoms with Crippen molar-refractivity contribution < 1.29 is 0 Å². The summed E-state index contributed by atoms with van der Waals surface area (Å²) in [5.41, 5.74) is 1.23. The van der Waals surface area contributed by atoms with Crippen LogP contribution in [0.2, 0.25) is 0 Å². The molecule has 0 spiro atoms. The Morgan fingerprint density at radius 3 is 2.78 bits per heavy atom. The third kappa shape index (κ3) is 2.90. The summed E-state index contributed by atoms with van der Waals surface area (Å²) in [6, 6.07) is 6.59. The van der Waals surface area contributed by atoms with Gasteiger partial charge in [0.1, 0.15) is 0 Å². The van der Waals surface area contributed by atoms with Crippen LogP contribution in [0.3, 0.4) is 0 Å². The molecule has 7 heteroatoms. The molecule has 0 fully saturated rings. The second-order valence-corrected chi connectivity index (χ2v) is 5.78. The SMILES string of the molecule is CNC(C)c1ccc(Sc2nnnn2C)cc1Br. The van der Waals surface area contributed by atoms with Crippen molar-refractivity contribution in [2.45, 2.75) is 23.0 Å². The van der Waals surface area contributed by atoms with Crippen LogP contribution in [-0.2, 0) is 7.05 Å². The van der Waals surface area contributed by atoms with E-state index in [1.165, 1.54) is 17.3 Å². The van der Waals surface area contributed by atoms with E-state index in [4.69, 9.17) is 0 Å². The van der Waals surface area contributed by atoms with E-state index in [0.29, 0.717) is 6.04 Å². The fourth-order valence-corrected chi connectivity index (χ4v) is 3.13. The van der Waals surface area contributed by atoms with Gasteiger partial charge in [-0.1, -0.05) is 22.0 Å². The normalized spacial score (nSPS) is 12.7. The van der Waals surface area contributed by atoms with Crippen molar-refractivity contribution in [3.05, 3.63) is 28.2 Å². The van der Waals surface area contributed by atoms with Crippen LogP contribution in [-0.4, -0.2) is 27.3 Å². The zero-order chi connectivity index (χ0) is 13.1. The number of aromatic nitrogens is 4. The minimum absolute atomic E-state index is 0.315. The Hall–Kier alpha value is -0.920. The van der Waals surface area contributed by atoms with Crippen molar-refractivity contribution >= 4 is 27.7 Å². The average molecular weight is 328 g/mol. The number of hydrogen-bond donors (Lipinski definition) is 1. The van der Waals surface area contributed by atoms with Crippen molar-refractivity contribution in [3.63, 3.8) is 0 Å². The van der Waals surface area contributed by atoms with E-state index in [0.717, 1.165) is 14.5 Å². The minimum atomic E-state index is 0.315. The molecule has 5 nitrogen and oxygen atoms in total. The molecule has 1 atom stereocenters. The Bertz CT molecular complexity index is 542. The molecule has 1 unspecified atom stereocenters. The molecule has 1 aromatic heterocycles. The molecule has 0 saturated heterocycles. The van der Waals surface area contributed by atoms with Crippen molar-refractivity contribution in [2.24, 2.45) is 7.05 Å². The lowest BCUT2D eigenvalue weighted by atomic mass is 10.1. The van der Waals surface area contributed by atoms with Gasteiger partial charge in [0, 0.05) is 22.5 Å². The predicted octanol–water partition coefficient (Wildman–Crippen LogP) is 2.40. The first-order valence-corrected chi connectivity index (χ1v) is 7.09. The number of halogens is 1. The van der Waals surface area contributed by atoms with Crippen LogP contribution in [0.1, 0.15) is 18.5 Å². The molecule has 0 aliphatic heterocycles. The first-order chi connectivity index (χ1) is 8.61. The summed E-state index contributed by atoms with van der Waals surface area (Å²) < 4.78 is 2.74. The topological polar surface area (TPSA) is 55.6 Å². The average Bonchev–Trinajstić information content (AvgIpc) is 2.74. The molecule has 1 heterocycles. The van der Waals surface area contributed by atoms with Gasteiger partial charge >= 0.3 is 0 Å². The predicted molar refractivity (Wildman–Crippen MR) is 74.5 cm³/mol. The van der Waals surface area contributed by atoms with Gasteiger partial charge in [0.15, 0.2) is 0 Å². The first-order valence-electron chi connectivity index (χ1n) is 5.48. The van der Waals surface area contributed by atoms with Gasteiger partial charge in [-0.25, -0.2) is 4.68 Å². The Kier molecular flexibility index (Phi) is 4.36. The van der Waals surface area contributed by atoms with Gasteiger partial charge in [-0.2, -0.15) is 0 Å². The van der Waals surface area contributed by atoms with Crippen molar-refractivity contribution in [2.75, 3.05) is 7.05 Å². The van der Waals surface area contributed by atoms with Gasteiger partial charge in [-0.15, -0.1) is 5.10 Å². The maximum atomic E-state index is 3.95. The highest BCUT2D eigenvalue weighted by molar-refractivity contribution is 9.10. The quantitative estimate of drug-likeness (QED) is 0.934. The highest BCUT2D eigenvalue weighted by Gasteiger charge is 2.10. The number of tetrazole rings is 1. The zero-order valence-electron chi connectivity index (χ0n) is 10.4. The number of hydrogen-bond acceptors (Lipinski definition) is 5. The summed E-state index contributed by atoms with van der Waals surface area (Å²) in [5.74, 6) is 0. The standard InChI is InChI=1S/C11H14BrN5S/c1-7(13-2)9-5-4-8(6-10(9)12)18-11-14-15-16-17(11)3/h4-7,13H,1-3H3. The Morgan fingerprint density at radius 1 is 1.44 bits per heavy atom. The first kappa shape index (κ1) is 13.5. The van der Waals surface area contributed by atoms with E-state index in [-0.39, 0.29) is 0 Å². The largest absolute Gasteiger partial charge is 0.313 e. The lowest BCUT2D eigenvalue weighted by molar-refractivity contribution is 0.649. The third-order valence-electron chi connectivity index (χ3n) is 2.66. The lowest BCUT2D eigenvalue weighted by Crippen LogP contribution is -2.12. The number of benzene rings is 1. The van der Waals surface area contributed by atoms with Gasteiger partial charge in [-0.3, -0.25) is 0 Å². The second kappa shape index (κ2) is 5.81. The smallest absolute Gasteiger partial charge is 0.213 e. The third-order valence-corrected chi connectivity index (χ3v) is 4.37. The van der Waals surface area contributed by atoms with E-state index in [9.17, 15) is 0 Å². The van der Waals surface area contributed by atoms with E-state index >= 15 is 0 Å². The van der Waals surface area contributed by atoms with Crippen LogP contribution in [0.4, 0.5) is 0 Å². The van der Waals surface area contributed by atoms with Gasteiger partial charge in [-0.05, 0) is 53.9 Å². The molecular weight excluding hydrogens is 314 g/mol. The summed E-state index contributed by atoms with van der Waals surface area (Å²) in [5, 5.41) is 15.4. The van der Waals surface area contributed by atoms with E-state index in [2.05, 4.69) is 61.9 Å². The van der Waals surface area contributed by atoms with E-state index in [1.807, 2.05) is 14.1 Å². The molecule has 2 rings (SSSR count). The number of nitrogens with one attached hydrogen (secondary N) is 1. The molecular formula is C11H14BrN5S. The highest BCUT2D eigenvalue weighted by atomic mass is 79.9. The molecule has 96 valence electrons.